The summed E-state index contributed by atoms with van der Waals surface area (Å²) in [4.78, 5) is 4.16. The lowest BCUT2D eigenvalue weighted by molar-refractivity contribution is 0.537. The van der Waals surface area contributed by atoms with Crippen LogP contribution < -0.4 is 5.32 Å². The van der Waals surface area contributed by atoms with Crippen molar-refractivity contribution in [2.45, 2.75) is 26.2 Å². The molecular weight excluding hydrogens is 216 g/mol. The molecule has 14 heavy (non-hydrogen) atoms. The van der Waals surface area contributed by atoms with Crippen LogP contribution in [0.25, 0.3) is 0 Å². The highest BCUT2D eigenvalue weighted by Crippen LogP contribution is 2.30. The zero-order valence-corrected chi connectivity index (χ0v) is 9.87. The lowest BCUT2D eigenvalue weighted by Crippen LogP contribution is -2.11. The van der Waals surface area contributed by atoms with Crippen LogP contribution in [0, 0.1) is 11.8 Å². The summed E-state index contributed by atoms with van der Waals surface area (Å²) in [6, 6.07) is 0. The van der Waals surface area contributed by atoms with Gasteiger partial charge in [0.2, 0.25) is 0 Å². The smallest absolute Gasteiger partial charge is 0.184 e. The van der Waals surface area contributed by atoms with Crippen LogP contribution in [0.5, 0.6) is 0 Å². The van der Waals surface area contributed by atoms with Crippen LogP contribution in [0.4, 0.5) is 5.13 Å². The number of rotatable bonds is 3. The predicted molar refractivity (Wildman–Crippen MR) is 62.1 cm³/mol. The molecule has 0 spiro atoms. The molecule has 4 heteroatoms. The number of anilines is 1. The van der Waals surface area contributed by atoms with E-state index in [1.54, 1.807) is 11.3 Å². The molecule has 0 bridgehead atoms. The first-order chi connectivity index (χ1) is 6.74. The van der Waals surface area contributed by atoms with Crippen molar-refractivity contribution in [3.05, 3.63) is 10.5 Å². The molecule has 2 unspecified atom stereocenters. The fourth-order valence-electron chi connectivity index (χ4n) is 2.08. The van der Waals surface area contributed by atoms with E-state index in [1.807, 2.05) is 5.38 Å². The van der Waals surface area contributed by atoms with E-state index < -0.39 is 0 Å². The van der Waals surface area contributed by atoms with E-state index in [4.69, 9.17) is 11.6 Å². The van der Waals surface area contributed by atoms with Gasteiger partial charge in [0.1, 0.15) is 5.15 Å². The van der Waals surface area contributed by atoms with Gasteiger partial charge in [-0.3, -0.25) is 0 Å². The maximum absolute atomic E-state index is 5.74. The van der Waals surface area contributed by atoms with Crippen LogP contribution in [0.15, 0.2) is 5.38 Å². The van der Waals surface area contributed by atoms with Gasteiger partial charge in [0.15, 0.2) is 5.13 Å². The van der Waals surface area contributed by atoms with Gasteiger partial charge in [0, 0.05) is 11.9 Å². The van der Waals surface area contributed by atoms with Crippen molar-refractivity contribution in [3.63, 3.8) is 0 Å². The standard InChI is InChI=1S/C10H15ClN2S/c1-7-2-3-8(4-7)5-12-10-13-9(11)6-14-10/h6-8H,2-5H2,1H3,(H,12,13). The highest BCUT2D eigenvalue weighted by molar-refractivity contribution is 7.14. The third-order valence-corrected chi connectivity index (χ3v) is 3.94. The van der Waals surface area contributed by atoms with Gasteiger partial charge in [-0.25, -0.2) is 4.98 Å². The summed E-state index contributed by atoms with van der Waals surface area (Å²) in [5, 5.41) is 6.76. The molecule has 0 amide bonds. The van der Waals surface area contributed by atoms with E-state index in [0.717, 1.165) is 23.5 Å². The van der Waals surface area contributed by atoms with E-state index in [1.165, 1.54) is 19.3 Å². The summed E-state index contributed by atoms with van der Waals surface area (Å²) in [5.41, 5.74) is 0. The second-order valence-electron chi connectivity index (χ2n) is 4.14. The molecular formula is C10H15ClN2S. The lowest BCUT2D eigenvalue weighted by Gasteiger charge is -2.09. The second kappa shape index (κ2) is 4.49. The summed E-state index contributed by atoms with van der Waals surface area (Å²) in [5.74, 6) is 1.73. The highest BCUT2D eigenvalue weighted by Gasteiger charge is 2.20. The van der Waals surface area contributed by atoms with E-state index in [2.05, 4.69) is 17.2 Å². The average molecular weight is 231 g/mol. The molecule has 1 aromatic heterocycles. The van der Waals surface area contributed by atoms with Gasteiger partial charge in [-0.2, -0.15) is 0 Å². The topological polar surface area (TPSA) is 24.9 Å². The number of nitrogens with zero attached hydrogens (tertiary/aromatic N) is 1. The second-order valence-corrected chi connectivity index (χ2v) is 5.39. The van der Waals surface area contributed by atoms with Crippen LogP contribution >= 0.6 is 22.9 Å². The van der Waals surface area contributed by atoms with Crippen LogP contribution in [0.3, 0.4) is 0 Å². The minimum Gasteiger partial charge on any atom is -0.361 e. The van der Waals surface area contributed by atoms with E-state index >= 15 is 0 Å². The van der Waals surface area contributed by atoms with Crippen molar-refractivity contribution in [2.75, 3.05) is 11.9 Å². The molecule has 1 fully saturated rings. The van der Waals surface area contributed by atoms with Crippen LogP contribution in [-0.4, -0.2) is 11.5 Å². The number of hydrogen-bond donors (Lipinski definition) is 1. The fourth-order valence-corrected chi connectivity index (χ4v) is 2.92. The highest BCUT2D eigenvalue weighted by atomic mass is 35.5. The Morgan fingerprint density at radius 2 is 2.50 bits per heavy atom. The van der Waals surface area contributed by atoms with Gasteiger partial charge in [0.05, 0.1) is 0 Å². The molecule has 0 aliphatic heterocycles. The summed E-state index contributed by atoms with van der Waals surface area (Å²) >= 11 is 7.32. The minimum atomic E-state index is 0.595. The first-order valence-corrected chi connectivity index (χ1v) is 6.34. The van der Waals surface area contributed by atoms with Gasteiger partial charge in [-0.05, 0) is 24.7 Å². The maximum atomic E-state index is 5.74. The molecule has 2 rings (SSSR count). The lowest BCUT2D eigenvalue weighted by atomic mass is 10.1. The number of thiazole rings is 1. The van der Waals surface area contributed by atoms with Crippen molar-refractivity contribution in [2.24, 2.45) is 11.8 Å². The molecule has 2 atom stereocenters. The van der Waals surface area contributed by atoms with Crippen molar-refractivity contribution in [1.29, 1.82) is 0 Å². The van der Waals surface area contributed by atoms with Crippen molar-refractivity contribution >= 4 is 28.1 Å². The molecule has 0 aromatic carbocycles. The van der Waals surface area contributed by atoms with Crippen LogP contribution in [-0.2, 0) is 0 Å². The monoisotopic (exact) mass is 230 g/mol. The van der Waals surface area contributed by atoms with Crippen LogP contribution in [0.2, 0.25) is 5.15 Å². The number of halogens is 1. The van der Waals surface area contributed by atoms with Crippen molar-refractivity contribution in [3.8, 4) is 0 Å². The third kappa shape index (κ3) is 2.61. The maximum Gasteiger partial charge on any atom is 0.184 e. The molecule has 2 nitrogen and oxygen atoms in total. The SMILES string of the molecule is CC1CCC(CNc2nc(Cl)cs2)C1. The number of hydrogen-bond acceptors (Lipinski definition) is 3. The molecule has 1 N–H and O–H groups in total. The summed E-state index contributed by atoms with van der Waals surface area (Å²) < 4.78 is 0. The molecule has 1 aromatic rings. The van der Waals surface area contributed by atoms with Gasteiger partial charge in [-0.1, -0.05) is 24.9 Å². The Kier molecular flexibility index (Phi) is 3.29. The largest absolute Gasteiger partial charge is 0.361 e. The van der Waals surface area contributed by atoms with Gasteiger partial charge in [0.25, 0.3) is 0 Å². The van der Waals surface area contributed by atoms with Crippen molar-refractivity contribution in [1.82, 2.24) is 4.98 Å². The molecule has 0 saturated heterocycles. The Labute approximate surface area is 93.7 Å². The Bertz CT molecular complexity index is 300. The van der Waals surface area contributed by atoms with E-state index in [-0.39, 0.29) is 0 Å². The zero-order valence-electron chi connectivity index (χ0n) is 8.29. The first kappa shape index (κ1) is 10.2. The third-order valence-electron chi connectivity index (χ3n) is 2.82. The molecule has 78 valence electrons. The Morgan fingerprint density at radius 3 is 3.07 bits per heavy atom. The van der Waals surface area contributed by atoms with Crippen molar-refractivity contribution < 1.29 is 0 Å². The first-order valence-electron chi connectivity index (χ1n) is 5.09. The Balaban J connectivity index is 1.77. The normalized spacial score (nSPS) is 26.7. The molecule has 0 radical (unpaired) electrons. The number of aromatic nitrogens is 1. The van der Waals surface area contributed by atoms with E-state index in [9.17, 15) is 0 Å². The van der Waals surface area contributed by atoms with Gasteiger partial charge in [-0.15, -0.1) is 11.3 Å². The van der Waals surface area contributed by atoms with Gasteiger partial charge < -0.3 is 5.32 Å². The summed E-state index contributed by atoms with van der Waals surface area (Å²) in [7, 11) is 0. The summed E-state index contributed by atoms with van der Waals surface area (Å²) in [6.07, 6.45) is 4.09. The molecule has 1 heterocycles. The zero-order chi connectivity index (χ0) is 9.97. The van der Waals surface area contributed by atoms with Gasteiger partial charge >= 0.3 is 0 Å². The predicted octanol–water partition coefficient (Wildman–Crippen LogP) is 3.64. The summed E-state index contributed by atoms with van der Waals surface area (Å²) in [6.45, 7) is 3.38. The minimum absolute atomic E-state index is 0.595. The number of nitrogens with one attached hydrogen (secondary N) is 1. The Morgan fingerprint density at radius 1 is 1.64 bits per heavy atom. The molecule has 1 saturated carbocycles. The van der Waals surface area contributed by atoms with Crippen LogP contribution in [0.1, 0.15) is 26.2 Å². The molecule has 1 aliphatic carbocycles. The fraction of sp³-hybridized carbons (Fsp3) is 0.700. The Hall–Kier alpha value is -0.280. The van der Waals surface area contributed by atoms with E-state index in [0.29, 0.717) is 5.15 Å². The average Bonchev–Trinajstić information content (AvgIpc) is 2.72. The quantitative estimate of drug-likeness (QED) is 0.858. The molecule has 1 aliphatic rings.